The molecule has 0 aromatic rings. The van der Waals surface area contributed by atoms with E-state index in [1.807, 2.05) is 0 Å². The fraction of sp³-hybridized carbons (Fsp3) is 0.833. The zero-order chi connectivity index (χ0) is 8.06. The van der Waals surface area contributed by atoms with Gasteiger partial charge in [-0.3, -0.25) is 0 Å². The number of nitrogens with one attached hydrogen (secondary N) is 1. The van der Waals surface area contributed by atoms with Crippen LogP contribution in [0, 0.1) is 0 Å². The molecule has 1 N–H and O–H groups in total. The molecule has 1 heterocycles. The van der Waals surface area contributed by atoms with Gasteiger partial charge in [0.2, 0.25) is 0 Å². The molecule has 1 aliphatic heterocycles. The first kappa shape index (κ1) is 6.82. The van der Waals surface area contributed by atoms with Gasteiger partial charge in [-0.15, -0.1) is 0 Å². The largest absolute Gasteiger partial charge is 0.444 e. The third-order valence-corrected chi connectivity index (χ3v) is 2.03. The molecule has 1 saturated heterocycles. The number of fused-ring (bicyclic) bond motifs is 1. The summed E-state index contributed by atoms with van der Waals surface area (Å²) in [6.45, 7) is 0. The van der Waals surface area contributed by atoms with Crippen molar-refractivity contribution >= 4 is 6.09 Å². The quantitative estimate of drug-likeness (QED) is 0.576. The molecule has 0 bridgehead atoms. The lowest BCUT2D eigenvalue weighted by Crippen LogP contribution is -2.27. The molecule has 0 aromatic carbocycles. The van der Waals surface area contributed by atoms with E-state index < -0.39 is 24.2 Å². The molecular weight excluding hydrogens is 156 g/mol. The summed E-state index contributed by atoms with van der Waals surface area (Å²) in [5.74, 6) is -2.66. The Morgan fingerprint density at radius 2 is 2.27 bits per heavy atom. The van der Waals surface area contributed by atoms with Gasteiger partial charge in [0.15, 0.2) is 0 Å². The fourth-order valence-corrected chi connectivity index (χ4v) is 1.56. The summed E-state index contributed by atoms with van der Waals surface area (Å²) in [6.07, 6.45) is -1.81. The van der Waals surface area contributed by atoms with Crippen molar-refractivity contribution in [1.82, 2.24) is 5.32 Å². The number of halogens is 2. The summed E-state index contributed by atoms with van der Waals surface area (Å²) in [5, 5.41) is 2.33. The molecule has 2 atom stereocenters. The molecule has 0 spiro atoms. The average Bonchev–Trinajstić information content (AvgIpc) is 2.17. The third-order valence-electron chi connectivity index (χ3n) is 2.03. The van der Waals surface area contributed by atoms with Crippen LogP contribution in [0.1, 0.15) is 12.8 Å². The van der Waals surface area contributed by atoms with Crippen LogP contribution in [0.4, 0.5) is 13.6 Å². The Labute approximate surface area is 61.7 Å². The van der Waals surface area contributed by atoms with Crippen molar-refractivity contribution in [2.24, 2.45) is 0 Å². The number of hydrogen-bond acceptors (Lipinski definition) is 2. The first-order chi connectivity index (χ1) is 5.07. The van der Waals surface area contributed by atoms with Crippen molar-refractivity contribution in [1.29, 1.82) is 0 Å². The van der Waals surface area contributed by atoms with E-state index in [2.05, 4.69) is 10.1 Å². The highest BCUT2D eigenvalue weighted by atomic mass is 19.3. The summed E-state index contributed by atoms with van der Waals surface area (Å²) < 4.78 is 29.7. The minimum absolute atomic E-state index is 0.288. The summed E-state index contributed by atoms with van der Waals surface area (Å²) in [4.78, 5) is 10.5. The SMILES string of the molecule is O=C1NC2CC(F)(F)CC2O1. The van der Waals surface area contributed by atoms with E-state index in [1.54, 1.807) is 0 Å². The predicted molar refractivity (Wildman–Crippen MR) is 31.4 cm³/mol. The Kier molecular flexibility index (Phi) is 1.14. The van der Waals surface area contributed by atoms with E-state index in [0.29, 0.717) is 0 Å². The molecule has 1 saturated carbocycles. The van der Waals surface area contributed by atoms with E-state index in [4.69, 9.17) is 0 Å². The number of carbonyl (C=O) groups is 1. The van der Waals surface area contributed by atoms with Gasteiger partial charge in [-0.1, -0.05) is 0 Å². The summed E-state index contributed by atoms with van der Waals surface area (Å²) in [6, 6.07) is -0.475. The van der Waals surface area contributed by atoms with Gasteiger partial charge < -0.3 is 10.1 Å². The molecule has 3 nitrogen and oxygen atoms in total. The Bertz CT molecular complexity index is 189. The lowest BCUT2D eigenvalue weighted by molar-refractivity contribution is -0.00740. The van der Waals surface area contributed by atoms with E-state index in [0.717, 1.165) is 0 Å². The number of hydrogen-bond donors (Lipinski definition) is 1. The standard InChI is InChI=1S/C6H7F2NO2/c7-6(8)1-3-4(2-6)11-5(10)9-3/h3-4H,1-2H2,(H,9,10). The molecule has 11 heavy (non-hydrogen) atoms. The monoisotopic (exact) mass is 163 g/mol. The van der Waals surface area contributed by atoms with Crippen LogP contribution in [0.5, 0.6) is 0 Å². The van der Waals surface area contributed by atoms with Gasteiger partial charge in [0.05, 0.1) is 12.5 Å². The maximum atomic E-state index is 12.6. The number of alkyl halides is 2. The molecular formula is C6H7F2NO2. The van der Waals surface area contributed by atoms with E-state index in [9.17, 15) is 13.6 Å². The summed E-state index contributed by atoms with van der Waals surface area (Å²) in [7, 11) is 0. The van der Waals surface area contributed by atoms with Gasteiger partial charge in [-0.25, -0.2) is 13.6 Å². The first-order valence-electron chi connectivity index (χ1n) is 3.42. The second kappa shape index (κ2) is 1.84. The van der Waals surface area contributed by atoms with Crippen LogP contribution in [0.15, 0.2) is 0 Å². The van der Waals surface area contributed by atoms with Crippen LogP contribution in [-0.4, -0.2) is 24.2 Å². The zero-order valence-electron chi connectivity index (χ0n) is 5.64. The smallest absolute Gasteiger partial charge is 0.407 e. The van der Waals surface area contributed by atoms with Gasteiger partial charge in [-0.05, 0) is 0 Å². The minimum Gasteiger partial charge on any atom is -0.444 e. The highest BCUT2D eigenvalue weighted by molar-refractivity contribution is 5.70. The molecule has 2 rings (SSSR count). The molecule has 62 valence electrons. The van der Waals surface area contributed by atoms with Gasteiger partial charge in [0.1, 0.15) is 6.10 Å². The molecule has 0 radical (unpaired) electrons. The maximum Gasteiger partial charge on any atom is 0.407 e. The zero-order valence-corrected chi connectivity index (χ0v) is 5.64. The summed E-state index contributed by atoms with van der Waals surface area (Å²) in [5.41, 5.74) is 0. The molecule has 2 fully saturated rings. The van der Waals surface area contributed by atoms with Crippen LogP contribution >= 0.6 is 0 Å². The fourth-order valence-electron chi connectivity index (χ4n) is 1.56. The molecule has 5 heteroatoms. The Balaban J connectivity index is 2.09. The third kappa shape index (κ3) is 1.04. The second-order valence-electron chi connectivity index (χ2n) is 2.96. The Hall–Kier alpha value is -0.870. The lowest BCUT2D eigenvalue weighted by atomic mass is 10.2. The van der Waals surface area contributed by atoms with Crippen molar-refractivity contribution in [3.63, 3.8) is 0 Å². The van der Waals surface area contributed by atoms with E-state index >= 15 is 0 Å². The van der Waals surface area contributed by atoms with Crippen LogP contribution < -0.4 is 5.32 Å². The number of amides is 1. The van der Waals surface area contributed by atoms with Crippen molar-refractivity contribution in [3.8, 4) is 0 Å². The summed E-state index contributed by atoms with van der Waals surface area (Å²) >= 11 is 0. The van der Waals surface area contributed by atoms with Gasteiger partial charge in [-0.2, -0.15) is 0 Å². The maximum absolute atomic E-state index is 12.6. The van der Waals surface area contributed by atoms with Gasteiger partial charge in [0, 0.05) is 6.42 Å². The Morgan fingerprint density at radius 3 is 2.91 bits per heavy atom. The molecule has 1 aliphatic carbocycles. The lowest BCUT2D eigenvalue weighted by Gasteiger charge is -2.07. The van der Waals surface area contributed by atoms with Crippen molar-refractivity contribution in [2.45, 2.75) is 30.9 Å². The highest BCUT2D eigenvalue weighted by Crippen LogP contribution is 2.38. The normalized spacial score (nSPS) is 39.6. The molecule has 2 unspecified atom stereocenters. The van der Waals surface area contributed by atoms with Crippen LogP contribution in [0.25, 0.3) is 0 Å². The van der Waals surface area contributed by atoms with Crippen LogP contribution in [0.3, 0.4) is 0 Å². The predicted octanol–water partition coefficient (Wildman–Crippen LogP) is 0.893. The van der Waals surface area contributed by atoms with Gasteiger partial charge >= 0.3 is 6.09 Å². The molecule has 0 aromatic heterocycles. The molecule has 1 amide bonds. The Morgan fingerprint density at radius 1 is 1.55 bits per heavy atom. The molecule has 2 aliphatic rings. The van der Waals surface area contributed by atoms with E-state index in [-0.39, 0.29) is 12.8 Å². The number of alkyl carbamates (subject to hydrolysis) is 1. The van der Waals surface area contributed by atoms with Crippen molar-refractivity contribution in [2.75, 3.05) is 0 Å². The second-order valence-corrected chi connectivity index (χ2v) is 2.96. The minimum atomic E-state index is -2.66. The van der Waals surface area contributed by atoms with E-state index in [1.165, 1.54) is 0 Å². The first-order valence-corrected chi connectivity index (χ1v) is 3.42. The van der Waals surface area contributed by atoms with Crippen LogP contribution in [0.2, 0.25) is 0 Å². The topological polar surface area (TPSA) is 38.3 Å². The van der Waals surface area contributed by atoms with Crippen molar-refractivity contribution < 1.29 is 18.3 Å². The van der Waals surface area contributed by atoms with Gasteiger partial charge in [0.25, 0.3) is 5.92 Å². The average molecular weight is 163 g/mol. The van der Waals surface area contributed by atoms with Crippen LogP contribution in [-0.2, 0) is 4.74 Å². The highest BCUT2D eigenvalue weighted by Gasteiger charge is 2.52. The number of ether oxygens (including phenoxy) is 1. The van der Waals surface area contributed by atoms with Crippen molar-refractivity contribution in [3.05, 3.63) is 0 Å². The number of carbonyl (C=O) groups excluding carboxylic acids is 1. The number of rotatable bonds is 0.